The minimum absolute atomic E-state index is 0.122. The monoisotopic (exact) mass is 442 g/mol. The Morgan fingerprint density at radius 1 is 1.22 bits per heavy atom. The van der Waals surface area contributed by atoms with Crippen LogP contribution in [0.4, 0.5) is 4.39 Å². The van der Waals surface area contributed by atoms with Crippen LogP contribution in [0.15, 0.2) is 18.2 Å². The van der Waals surface area contributed by atoms with E-state index in [2.05, 4.69) is 6.92 Å². The van der Waals surface area contributed by atoms with Gasteiger partial charge in [-0.15, -0.1) is 0 Å². The van der Waals surface area contributed by atoms with E-state index in [1.165, 1.54) is 25.0 Å². The summed E-state index contributed by atoms with van der Waals surface area (Å²) in [5.41, 5.74) is 2.46. The number of carbonyl (C=O) groups excluding carboxylic acids is 1. The number of halogens is 1. The zero-order valence-corrected chi connectivity index (χ0v) is 19.4. The molecule has 0 unspecified atom stereocenters. The van der Waals surface area contributed by atoms with Gasteiger partial charge in [-0.3, -0.25) is 4.79 Å². The van der Waals surface area contributed by atoms with E-state index < -0.39 is 0 Å². The van der Waals surface area contributed by atoms with E-state index in [4.69, 9.17) is 14.5 Å². The van der Waals surface area contributed by atoms with Gasteiger partial charge in [0.2, 0.25) is 5.91 Å². The number of amides is 1. The number of aromatic nitrogens is 1. The van der Waals surface area contributed by atoms with Gasteiger partial charge in [0.25, 0.3) is 0 Å². The molecule has 1 aliphatic heterocycles. The summed E-state index contributed by atoms with van der Waals surface area (Å²) >= 11 is 0. The normalized spacial score (nSPS) is 17.2. The number of fused-ring (bicyclic) bond motifs is 1. The van der Waals surface area contributed by atoms with Crippen LogP contribution < -0.4 is 4.74 Å². The summed E-state index contributed by atoms with van der Waals surface area (Å²) in [4.78, 5) is 19.1. The molecule has 1 saturated carbocycles. The second kappa shape index (κ2) is 10.6. The Bertz CT molecular complexity index is 936. The van der Waals surface area contributed by atoms with E-state index in [1.54, 1.807) is 6.07 Å². The molecule has 2 aromatic rings. The predicted molar refractivity (Wildman–Crippen MR) is 123 cm³/mol. The highest BCUT2D eigenvalue weighted by Gasteiger charge is 2.26. The van der Waals surface area contributed by atoms with Gasteiger partial charge < -0.3 is 14.4 Å². The van der Waals surface area contributed by atoms with Gasteiger partial charge in [-0.25, -0.2) is 9.37 Å². The lowest BCUT2D eigenvalue weighted by atomic mass is 10.1. The zero-order chi connectivity index (χ0) is 22.5. The van der Waals surface area contributed by atoms with Crippen LogP contribution in [0.2, 0.25) is 0 Å². The summed E-state index contributed by atoms with van der Waals surface area (Å²) in [6.07, 6.45) is 8.15. The maximum Gasteiger partial charge on any atom is 0.222 e. The van der Waals surface area contributed by atoms with Crippen molar-refractivity contribution in [1.29, 1.82) is 0 Å². The average Bonchev–Trinajstić information content (AvgIpc) is 3.63. The van der Waals surface area contributed by atoms with Crippen LogP contribution in [0.1, 0.15) is 69.5 Å². The van der Waals surface area contributed by atoms with Crippen LogP contribution in [0.25, 0.3) is 10.9 Å². The Morgan fingerprint density at radius 3 is 2.72 bits per heavy atom. The summed E-state index contributed by atoms with van der Waals surface area (Å²) in [5.74, 6) is 1.51. The lowest BCUT2D eigenvalue weighted by Gasteiger charge is -2.32. The van der Waals surface area contributed by atoms with Crippen molar-refractivity contribution in [2.24, 2.45) is 5.92 Å². The van der Waals surface area contributed by atoms with E-state index in [-0.39, 0.29) is 11.9 Å². The second-order valence-electron chi connectivity index (χ2n) is 9.25. The molecule has 4 rings (SSSR count). The van der Waals surface area contributed by atoms with E-state index in [1.807, 2.05) is 11.8 Å². The van der Waals surface area contributed by atoms with Gasteiger partial charge in [-0.2, -0.15) is 0 Å². The van der Waals surface area contributed by atoms with Crippen LogP contribution in [0.3, 0.4) is 0 Å². The number of ether oxygens (including phenoxy) is 2. The van der Waals surface area contributed by atoms with Gasteiger partial charge in [-0.05, 0) is 56.7 Å². The third-order valence-corrected chi connectivity index (χ3v) is 6.69. The van der Waals surface area contributed by atoms with Crippen LogP contribution in [0, 0.1) is 18.7 Å². The largest absolute Gasteiger partial charge is 0.493 e. The van der Waals surface area contributed by atoms with Crippen molar-refractivity contribution in [2.75, 3.05) is 19.7 Å². The molecule has 1 saturated heterocycles. The molecule has 32 heavy (non-hydrogen) atoms. The quantitative estimate of drug-likeness (QED) is 0.452. The second-order valence-corrected chi connectivity index (χ2v) is 9.25. The van der Waals surface area contributed by atoms with Crippen molar-refractivity contribution >= 4 is 16.8 Å². The number of pyridine rings is 1. The molecule has 1 aromatic carbocycles. The molecule has 1 amide bonds. The van der Waals surface area contributed by atoms with Crippen molar-refractivity contribution < 1.29 is 18.7 Å². The third-order valence-electron chi connectivity index (χ3n) is 6.69. The molecule has 0 radical (unpaired) electrons. The highest BCUT2D eigenvalue weighted by Crippen LogP contribution is 2.34. The molecule has 2 aliphatic rings. The fraction of sp³-hybridized carbons (Fsp3) is 0.615. The van der Waals surface area contributed by atoms with Gasteiger partial charge in [0.15, 0.2) is 0 Å². The molecule has 0 spiro atoms. The van der Waals surface area contributed by atoms with Crippen molar-refractivity contribution in [3.8, 4) is 5.75 Å². The number of benzene rings is 1. The Balaban J connectivity index is 1.37. The van der Waals surface area contributed by atoms with Crippen LogP contribution in [-0.4, -0.2) is 41.6 Å². The maximum atomic E-state index is 13.9. The number of carbonyl (C=O) groups is 1. The summed E-state index contributed by atoms with van der Waals surface area (Å²) < 4.78 is 26.1. The topological polar surface area (TPSA) is 51.7 Å². The number of rotatable bonds is 10. The first kappa shape index (κ1) is 23.0. The van der Waals surface area contributed by atoms with Crippen LogP contribution in [-0.2, 0) is 16.1 Å². The number of unbranched alkanes of at least 4 members (excludes halogenated alkanes) is 1. The molecular weight excluding hydrogens is 407 g/mol. The molecule has 1 aliphatic carbocycles. The van der Waals surface area contributed by atoms with Gasteiger partial charge in [0.05, 0.1) is 30.5 Å². The highest BCUT2D eigenvalue weighted by molar-refractivity contribution is 5.86. The fourth-order valence-corrected chi connectivity index (χ4v) is 4.36. The average molecular weight is 443 g/mol. The number of piperidine rings is 1. The molecule has 174 valence electrons. The molecule has 1 aromatic heterocycles. The smallest absolute Gasteiger partial charge is 0.222 e. The first-order valence-corrected chi connectivity index (χ1v) is 12.2. The predicted octanol–water partition coefficient (Wildman–Crippen LogP) is 5.56. The summed E-state index contributed by atoms with van der Waals surface area (Å²) in [5, 5.41) is 0.709. The van der Waals surface area contributed by atoms with Crippen molar-refractivity contribution in [1.82, 2.24) is 9.88 Å². The molecule has 2 heterocycles. The Morgan fingerprint density at radius 2 is 2.00 bits per heavy atom. The Kier molecular flexibility index (Phi) is 7.61. The molecule has 5 nitrogen and oxygen atoms in total. The van der Waals surface area contributed by atoms with E-state index in [0.29, 0.717) is 36.7 Å². The fourth-order valence-electron chi connectivity index (χ4n) is 4.36. The van der Waals surface area contributed by atoms with Gasteiger partial charge in [0.1, 0.15) is 11.6 Å². The summed E-state index contributed by atoms with van der Waals surface area (Å²) in [6, 6.07) is 4.63. The summed E-state index contributed by atoms with van der Waals surface area (Å²) in [6.45, 7) is 6.61. The Hall–Kier alpha value is -2.21. The highest BCUT2D eigenvalue weighted by atomic mass is 19.1. The lowest BCUT2D eigenvalue weighted by Crippen LogP contribution is -2.40. The Labute approximate surface area is 190 Å². The van der Waals surface area contributed by atoms with Crippen molar-refractivity contribution in [2.45, 2.75) is 77.9 Å². The van der Waals surface area contributed by atoms with Gasteiger partial charge >= 0.3 is 0 Å². The van der Waals surface area contributed by atoms with Crippen LogP contribution >= 0.6 is 0 Å². The van der Waals surface area contributed by atoms with Gasteiger partial charge in [0, 0.05) is 30.5 Å². The molecule has 2 fully saturated rings. The van der Waals surface area contributed by atoms with E-state index in [9.17, 15) is 9.18 Å². The molecule has 0 atom stereocenters. The number of hydrogen-bond acceptors (Lipinski definition) is 4. The van der Waals surface area contributed by atoms with E-state index >= 15 is 0 Å². The molecular formula is C26H35FN2O3. The summed E-state index contributed by atoms with van der Waals surface area (Å²) in [7, 11) is 0. The van der Waals surface area contributed by atoms with Crippen molar-refractivity contribution in [3.05, 3.63) is 35.3 Å². The SMILES string of the molecule is CCCCOc1c(C)c(COC2CCN(C(=O)CCC3CC3)CC2)nc2ccc(F)cc12. The number of hydrogen-bond donors (Lipinski definition) is 0. The zero-order valence-electron chi connectivity index (χ0n) is 19.4. The minimum Gasteiger partial charge on any atom is -0.493 e. The molecule has 0 N–H and O–H groups in total. The molecule has 0 bridgehead atoms. The van der Waals surface area contributed by atoms with E-state index in [0.717, 1.165) is 67.9 Å². The van der Waals surface area contributed by atoms with Crippen LogP contribution in [0.5, 0.6) is 5.75 Å². The first-order chi connectivity index (χ1) is 15.5. The maximum absolute atomic E-state index is 13.9. The number of likely N-dealkylation sites (tertiary alicyclic amines) is 1. The lowest BCUT2D eigenvalue weighted by molar-refractivity contribution is -0.134. The standard InChI is InChI=1S/C26H35FN2O3/c1-3-4-15-31-26-18(2)24(28-23-9-8-20(27)16-22(23)26)17-32-21-11-13-29(14-12-21)25(30)10-7-19-5-6-19/h8-9,16,19,21H,3-7,10-15,17H2,1-2H3. The number of nitrogens with zero attached hydrogens (tertiary/aromatic N) is 2. The molecule has 6 heteroatoms. The first-order valence-electron chi connectivity index (χ1n) is 12.2. The van der Waals surface area contributed by atoms with Gasteiger partial charge in [-0.1, -0.05) is 26.2 Å². The van der Waals surface area contributed by atoms with Crippen molar-refractivity contribution in [3.63, 3.8) is 0 Å². The minimum atomic E-state index is -0.290. The third kappa shape index (κ3) is 5.77.